The molecule has 6 nitrogen and oxygen atoms in total. The molecule has 2 spiro atoms. The van der Waals surface area contributed by atoms with E-state index in [1.54, 1.807) is 0 Å². The summed E-state index contributed by atoms with van der Waals surface area (Å²) in [5, 5.41) is 0. The molecule has 0 aromatic carbocycles. The van der Waals surface area contributed by atoms with Crippen molar-refractivity contribution in [1.82, 2.24) is 19.8 Å². The molecule has 6 heteroatoms. The maximum atomic E-state index is 13.1. The summed E-state index contributed by atoms with van der Waals surface area (Å²) in [6.45, 7) is 7.78. The molecule has 3 aliphatic heterocycles. The summed E-state index contributed by atoms with van der Waals surface area (Å²) in [5.74, 6) is 2.91. The maximum Gasteiger partial charge on any atom is 0.225 e. The fourth-order valence-electron chi connectivity index (χ4n) is 7.48. The van der Waals surface area contributed by atoms with Crippen LogP contribution in [0.4, 0.5) is 5.95 Å². The van der Waals surface area contributed by atoms with Gasteiger partial charge in [-0.15, -0.1) is 0 Å². The van der Waals surface area contributed by atoms with Crippen LogP contribution >= 0.6 is 0 Å². The van der Waals surface area contributed by atoms with Crippen LogP contribution in [0.1, 0.15) is 64.2 Å². The first kappa shape index (κ1) is 20.9. The molecule has 0 radical (unpaired) electrons. The molecule has 5 fully saturated rings. The van der Waals surface area contributed by atoms with Crippen molar-refractivity contribution in [2.45, 2.75) is 64.2 Å². The molecule has 5 aliphatic rings. The Morgan fingerprint density at radius 1 is 0.875 bits per heavy atom. The van der Waals surface area contributed by atoms with Crippen LogP contribution in [0.5, 0.6) is 0 Å². The zero-order chi connectivity index (χ0) is 21.6. The molecule has 174 valence electrons. The van der Waals surface area contributed by atoms with Gasteiger partial charge in [-0.1, -0.05) is 12.8 Å². The fraction of sp³-hybridized carbons (Fsp3) is 0.808. The highest BCUT2D eigenvalue weighted by Crippen LogP contribution is 2.58. The second-order valence-electron chi connectivity index (χ2n) is 11.7. The minimum atomic E-state index is 0.286. The third-order valence-corrected chi connectivity index (χ3v) is 9.45. The minimum absolute atomic E-state index is 0.286. The van der Waals surface area contributed by atoms with Crippen LogP contribution in [0.2, 0.25) is 0 Å². The molecule has 1 aromatic heterocycles. The van der Waals surface area contributed by atoms with Gasteiger partial charge < -0.3 is 14.7 Å². The van der Waals surface area contributed by atoms with Crippen LogP contribution in [0.3, 0.4) is 0 Å². The first-order chi connectivity index (χ1) is 15.6. The van der Waals surface area contributed by atoms with Crippen molar-refractivity contribution in [3.8, 4) is 0 Å². The Morgan fingerprint density at radius 3 is 2.38 bits per heavy atom. The summed E-state index contributed by atoms with van der Waals surface area (Å²) in [4.78, 5) is 29.7. The number of amides is 1. The number of fused-ring (bicyclic) bond motifs is 1. The van der Waals surface area contributed by atoms with Gasteiger partial charge in [-0.05, 0) is 68.3 Å². The molecule has 3 saturated heterocycles. The molecule has 32 heavy (non-hydrogen) atoms. The van der Waals surface area contributed by atoms with Gasteiger partial charge in [0.05, 0.1) is 0 Å². The molecule has 1 atom stereocenters. The van der Waals surface area contributed by atoms with E-state index >= 15 is 0 Å². The van der Waals surface area contributed by atoms with Gasteiger partial charge >= 0.3 is 0 Å². The SMILES string of the molecule is O=C(CC1CCCC1)N1CCC[C@@]2(CC1)CN(c1ncccn1)CC21CN(CC2CC2)C1. The first-order valence-corrected chi connectivity index (χ1v) is 13.2. The average Bonchev–Trinajstić information content (AvgIpc) is 3.40. The molecule has 2 saturated carbocycles. The second kappa shape index (κ2) is 8.27. The number of rotatable bonds is 5. The molecule has 4 heterocycles. The molecular weight excluding hydrogens is 398 g/mol. The molecular formula is C26H39N5O. The topological polar surface area (TPSA) is 52.6 Å². The van der Waals surface area contributed by atoms with E-state index < -0.39 is 0 Å². The normalized spacial score (nSPS) is 30.8. The van der Waals surface area contributed by atoms with E-state index in [4.69, 9.17) is 0 Å². The van der Waals surface area contributed by atoms with Gasteiger partial charge in [0.1, 0.15) is 0 Å². The Bertz CT molecular complexity index is 815. The molecule has 0 N–H and O–H groups in total. The van der Waals surface area contributed by atoms with Gasteiger partial charge in [0.25, 0.3) is 0 Å². The lowest BCUT2D eigenvalue weighted by molar-refractivity contribution is -0.132. The summed E-state index contributed by atoms with van der Waals surface area (Å²) in [6, 6.07) is 1.91. The number of aromatic nitrogens is 2. The Kier molecular flexibility index (Phi) is 5.39. The Hall–Kier alpha value is -1.69. The molecule has 2 aliphatic carbocycles. The summed E-state index contributed by atoms with van der Waals surface area (Å²) in [7, 11) is 0. The van der Waals surface area contributed by atoms with Crippen molar-refractivity contribution in [1.29, 1.82) is 0 Å². The number of carbonyl (C=O) groups is 1. The number of hydrogen-bond donors (Lipinski definition) is 0. The monoisotopic (exact) mass is 437 g/mol. The van der Waals surface area contributed by atoms with Crippen LogP contribution < -0.4 is 4.90 Å². The number of carbonyl (C=O) groups excluding carboxylic acids is 1. The summed E-state index contributed by atoms with van der Waals surface area (Å²) >= 11 is 0. The largest absolute Gasteiger partial charge is 0.343 e. The molecule has 0 bridgehead atoms. The van der Waals surface area contributed by atoms with Crippen LogP contribution in [0, 0.1) is 22.7 Å². The van der Waals surface area contributed by atoms with Crippen LogP contribution in [0.25, 0.3) is 0 Å². The van der Waals surface area contributed by atoms with Crippen LogP contribution in [0.15, 0.2) is 18.5 Å². The van der Waals surface area contributed by atoms with Crippen molar-refractivity contribution < 1.29 is 4.79 Å². The number of likely N-dealkylation sites (tertiary alicyclic amines) is 2. The van der Waals surface area contributed by atoms with E-state index in [1.807, 2.05) is 18.5 Å². The highest BCUT2D eigenvalue weighted by Gasteiger charge is 2.63. The summed E-state index contributed by atoms with van der Waals surface area (Å²) < 4.78 is 0. The van der Waals surface area contributed by atoms with Crippen molar-refractivity contribution in [3.05, 3.63) is 18.5 Å². The zero-order valence-corrected chi connectivity index (χ0v) is 19.6. The molecule has 6 rings (SSSR count). The Balaban J connectivity index is 1.18. The summed E-state index contributed by atoms with van der Waals surface area (Å²) in [6.07, 6.45) is 16.1. The maximum absolute atomic E-state index is 13.1. The van der Waals surface area contributed by atoms with Crippen molar-refractivity contribution in [2.75, 3.05) is 50.7 Å². The molecule has 0 unspecified atom stereocenters. The Morgan fingerprint density at radius 2 is 1.62 bits per heavy atom. The van der Waals surface area contributed by atoms with Crippen LogP contribution in [-0.2, 0) is 4.79 Å². The van der Waals surface area contributed by atoms with Gasteiger partial charge in [-0.2, -0.15) is 0 Å². The van der Waals surface area contributed by atoms with Gasteiger partial charge in [0.2, 0.25) is 11.9 Å². The molecule has 1 aromatic rings. The highest BCUT2D eigenvalue weighted by atomic mass is 16.2. The van der Waals surface area contributed by atoms with E-state index in [-0.39, 0.29) is 5.41 Å². The minimum Gasteiger partial charge on any atom is -0.343 e. The standard InChI is InChI=1S/C26H39N5O/c32-23(15-21-5-1-2-6-21)30-13-3-9-25(10-14-30)19-31(24-27-11-4-12-28-24)20-26(25)17-29(18-26)16-22-7-8-22/h4,11-12,21-22H,1-3,5-10,13-20H2/t25-/m1/s1. The number of hydrogen-bond acceptors (Lipinski definition) is 5. The summed E-state index contributed by atoms with van der Waals surface area (Å²) in [5.41, 5.74) is 0.625. The van der Waals surface area contributed by atoms with E-state index in [1.165, 1.54) is 64.6 Å². The van der Waals surface area contributed by atoms with Crippen molar-refractivity contribution >= 4 is 11.9 Å². The van der Waals surface area contributed by atoms with Crippen LogP contribution in [-0.4, -0.2) is 71.5 Å². The van der Waals surface area contributed by atoms with E-state index in [0.717, 1.165) is 57.3 Å². The zero-order valence-electron chi connectivity index (χ0n) is 19.6. The fourth-order valence-corrected chi connectivity index (χ4v) is 7.48. The van der Waals surface area contributed by atoms with Crippen molar-refractivity contribution in [3.63, 3.8) is 0 Å². The predicted octanol–water partition coefficient (Wildman–Crippen LogP) is 3.59. The third-order valence-electron chi connectivity index (χ3n) is 9.45. The van der Waals surface area contributed by atoms with E-state index in [0.29, 0.717) is 17.2 Å². The quantitative estimate of drug-likeness (QED) is 0.705. The van der Waals surface area contributed by atoms with Crippen molar-refractivity contribution in [2.24, 2.45) is 22.7 Å². The number of anilines is 1. The lowest BCUT2D eigenvalue weighted by atomic mass is 9.58. The van der Waals surface area contributed by atoms with Gasteiger partial charge in [-0.25, -0.2) is 9.97 Å². The van der Waals surface area contributed by atoms with Gasteiger partial charge in [0.15, 0.2) is 0 Å². The highest BCUT2D eigenvalue weighted by molar-refractivity contribution is 5.76. The van der Waals surface area contributed by atoms with E-state index in [9.17, 15) is 4.79 Å². The predicted molar refractivity (Wildman–Crippen MR) is 125 cm³/mol. The lowest BCUT2D eigenvalue weighted by Gasteiger charge is -2.57. The van der Waals surface area contributed by atoms with E-state index in [2.05, 4.69) is 24.7 Å². The second-order valence-corrected chi connectivity index (χ2v) is 11.7. The number of nitrogens with zero attached hydrogens (tertiary/aromatic N) is 5. The lowest BCUT2D eigenvalue weighted by Crippen LogP contribution is -2.64. The first-order valence-electron chi connectivity index (χ1n) is 13.2. The van der Waals surface area contributed by atoms with Gasteiger partial charge in [-0.3, -0.25) is 4.79 Å². The third kappa shape index (κ3) is 3.82. The van der Waals surface area contributed by atoms with Gasteiger partial charge in [0, 0.05) is 70.0 Å². The average molecular weight is 438 g/mol. The Labute approximate surface area is 192 Å². The molecule has 1 amide bonds. The smallest absolute Gasteiger partial charge is 0.225 e.